The van der Waals surface area contributed by atoms with E-state index in [0.29, 0.717) is 0 Å². The quantitative estimate of drug-likeness (QED) is 0.594. The van der Waals surface area contributed by atoms with Gasteiger partial charge in [0.25, 0.3) is 0 Å². The minimum absolute atomic E-state index is 0.104. The molecule has 0 fully saturated rings. The Kier molecular flexibility index (Phi) is 3.03. The zero-order valence-electron chi connectivity index (χ0n) is 8.38. The van der Waals surface area contributed by atoms with E-state index in [4.69, 9.17) is 5.11 Å². The molecule has 0 aromatic carbocycles. The highest BCUT2D eigenvalue weighted by molar-refractivity contribution is 5.71. The largest absolute Gasteiger partial charge is 0.481 e. The molecule has 0 saturated carbocycles. The van der Waals surface area contributed by atoms with Gasteiger partial charge in [0.15, 0.2) is 0 Å². The van der Waals surface area contributed by atoms with E-state index in [-0.39, 0.29) is 17.4 Å². The lowest BCUT2D eigenvalue weighted by Gasteiger charge is -2.08. The number of aliphatic carboxylic acids is 1. The van der Waals surface area contributed by atoms with E-state index < -0.39 is 17.3 Å². The van der Waals surface area contributed by atoms with Gasteiger partial charge in [0.2, 0.25) is 0 Å². The maximum Gasteiger partial charge on any atom is 0.310 e. The lowest BCUT2D eigenvalue weighted by atomic mass is 10.2. The van der Waals surface area contributed by atoms with E-state index >= 15 is 0 Å². The molecule has 1 aromatic heterocycles. The van der Waals surface area contributed by atoms with Crippen LogP contribution in [-0.4, -0.2) is 25.8 Å². The molecule has 0 radical (unpaired) electrons. The summed E-state index contributed by atoms with van der Waals surface area (Å²) < 4.78 is 1.35. The molecule has 7 nitrogen and oxygen atoms in total. The lowest BCUT2D eigenvalue weighted by molar-refractivity contribution is -0.385. The topological polar surface area (TPSA) is 98.3 Å². The van der Waals surface area contributed by atoms with Gasteiger partial charge in [-0.15, -0.1) is 0 Å². The number of hydrogen-bond acceptors (Lipinski definition) is 4. The maximum atomic E-state index is 10.6. The van der Waals surface area contributed by atoms with Crippen LogP contribution >= 0.6 is 0 Å². The molecule has 7 heteroatoms. The van der Waals surface area contributed by atoms with Gasteiger partial charge in [-0.3, -0.25) is 19.6 Å². The molecule has 0 amide bonds. The summed E-state index contributed by atoms with van der Waals surface area (Å²) in [5, 5.41) is 23.0. The highest BCUT2D eigenvalue weighted by atomic mass is 16.6. The molecule has 1 rings (SSSR count). The van der Waals surface area contributed by atoms with E-state index in [0.717, 1.165) is 6.20 Å². The van der Waals surface area contributed by atoms with Crippen LogP contribution in [0, 0.1) is 10.1 Å². The number of carbonyl (C=O) groups is 1. The van der Waals surface area contributed by atoms with Gasteiger partial charge in [0, 0.05) is 6.04 Å². The van der Waals surface area contributed by atoms with Crippen LogP contribution in [0.4, 0.5) is 5.69 Å². The van der Waals surface area contributed by atoms with Crippen LogP contribution in [-0.2, 0) is 11.2 Å². The van der Waals surface area contributed by atoms with Crippen molar-refractivity contribution in [1.29, 1.82) is 0 Å². The second-order valence-corrected chi connectivity index (χ2v) is 3.34. The van der Waals surface area contributed by atoms with E-state index in [1.807, 2.05) is 0 Å². The van der Waals surface area contributed by atoms with Crippen molar-refractivity contribution in [2.75, 3.05) is 0 Å². The van der Waals surface area contributed by atoms with Crippen molar-refractivity contribution >= 4 is 11.7 Å². The molecule has 0 bridgehead atoms. The second kappa shape index (κ2) is 4.07. The highest BCUT2D eigenvalue weighted by Crippen LogP contribution is 2.21. The van der Waals surface area contributed by atoms with Gasteiger partial charge in [0.1, 0.15) is 11.9 Å². The first kappa shape index (κ1) is 11.2. The van der Waals surface area contributed by atoms with Crippen LogP contribution in [0.1, 0.15) is 25.6 Å². The van der Waals surface area contributed by atoms with E-state index in [1.165, 1.54) is 4.68 Å². The zero-order chi connectivity index (χ0) is 11.6. The SMILES string of the molecule is CC(C)n1ncc([N+](=O)[O-])c1CC(=O)O. The minimum atomic E-state index is -1.11. The number of nitro groups is 1. The average Bonchev–Trinajstić information content (AvgIpc) is 2.46. The van der Waals surface area contributed by atoms with Gasteiger partial charge in [0.05, 0.1) is 11.3 Å². The summed E-state index contributed by atoms with van der Waals surface area (Å²) in [7, 11) is 0. The van der Waals surface area contributed by atoms with Gasteiger partial charge in [-0.2, -0.15) is 5.10 Å². The fraction of sp³-hybridized carbons (Fsp3) is 0.500. The number of carboxylic acid groups (broad SMARTS) is 1. The van der Waals surface area contributed by atoms with Crippen LogP contribution in [0.2, 0.25) is 0 Å². The van der Waals surface area contributed by atoms with Gasteiger partial charge >= 0.3 is 11.7 Å². The summed E-state index contributed by atoms with van der Waals surface area (Å²) in [5.74, 6) is -1.11. The second-order valence-electron chi connectivity index (χ2n) is 3.34. The Morgan fingerprint density at radius 3 is 2.73 bits per heavy atom. The highest BCUT2D eigenvalue weighted by Gasteiger charge is 2.23. The summed E-state index contributed by atoms with van der Waals surface area (Å²) in [6.45, 7) is 3.56. The Morgan fingerprint density at radius 2 is 2.33 bits per heavy atom. The first-order valence-electron chi connectivity index (χ1n) is 4.36. The van der Waals surface area contributed by atoms with E-state index in [2.05, 4.69) is 5.10 Å². The van der Waals surface area contributed by atoms with Crippen molar-refractivity contribution in [3.63, 3.8) is 0 Å². The fourth-order valence-electron chi connectivity index (χ4n) is 1.29. The summed E-state index contributed by atoms with van der Waals surface area (Å²) in [6.07, 6.45) is 0.687. The normalized spacial score (nSPS) is 10.6. The van der Waals surface area contributed by atoms with Crippen LogP contribution in [0.15, 0.2) is 6.20 Å². The number of rotatable bonds is 4. The molecule has 1 heterocycles. The van der Waals surface area contributed by atoms with Crippen LogP contribution < -0.4 is 0 Å². The zero-order valence-corrected chi connectivity index (χ0v) is 8.38. The molecular formula is C8H11N3O4. The number of aromatic nitrogens is 2. The van der Waals surface area contributed by atoms with Crippen molar-refractivity contribution in [3.8, 4) is 0 Å². The van der Waals surface area contributed by atoms with Crippen molar-refractivity contribution < 1.29 is 14.8 Å². The molecule has 0 aliphatic carbocycles. The lowest BCUT2D eigenvalue weighted by Crippen LogP contribution is -2.12. The minimum Gasteiger partial charge on any atom is -0.481 e. The van der Waals surface area contributed by atoms with Crippen LogP contribution in [0.5, 0.6) is 0 Å². The Bertz CT molecular complexity index is 397. The smallest absolute Gasteiger partial charge is 0.310 e. The Balaban J connectivity index is 3.19. The van der Waals surface area contributed by atoms with Crippen molar-refractivity contribution in [1.82, 2.24) is 9.78 Å². The molecule has 1 aromatic rings. The Hall–Kier alpha value is -1.92. The van der Waals surface area contributed by atoms with Crippen LogP contribution in [0.3, 0.4) is 0 Å². The maximum absolute atomic E-state index is 10.6. The molecule has 0 aliphatic rings. The number of nitrogens with zero attached hydrogens (tertiary/aromatic N) is 3. The number of carboxylic acids is 1. The Labute approximate surface area is 85.5 Å². The average molecular weight is 213 g/mol. The van der Waals surface area contributed by atoms with Crippen LogP contribution in [0.25, 0.3) is 0 Å². The molecule has 15 heavy (non-hydrogen) atoms. The predicted octanol–water partition coefficient (Wildman–Crippen LogP) is 0.999. The van der Waals surface area contributed by atoms with Gasteiger partial charge in [-0.05, 0) is 13.8 Å². The predicted molar refractivity (Wildman–Crippen MR) is 50.6 cm³/mol. The monoisotopic (exact) mass is 213 g/mol. The molecule has 0 aliphatic heterocycles. The van der Waals surface area contributed by atoms with Crippen molar-refractivity contribution in [2.45, 2.75) is 26.3 Å². The van der Waals surface area contributed by atoms with Crippen molar-refractivity contribution in [2.24, 2.45) is 0 Å². The molecule has 0 atom stereocenters. The van der Waals surface area contributed by atoms with Crippen molar-refractivity contribution in [3.05, 3.63) is 22.0 Å². The third-order valence-electron chi connectivity index (χ3n) is 1.88. The summed E-state index contributed by atoms with van der Waals surface area (Å²) in [4.78, 5) is 20.5. The third kappa shape index (κ3) is 2.30. The first-order valence-corrected chi connectivity index (χ1v) is 4.36. The molecule has 1 N–H and O–H groups in total. The molecule has 82 valence electrons. The Morgan fingerprint density at radius 1 is 1.73 bits per heavy atom. The molecule has 0 unspecified atom stereocenters. The standard InChI is InChI=1S/C8H11N3O4/c1-5(2)10-6(3-8(12)13)7(4-9-10)11(14)15/h4-5H,3H2,1-2H3,(H,12,13). The molecule has 0 saturated heterocycles. The van der Waals surface area contributed by atoms with Gasteiger partial charge in [-0.25, -0.2) is 0 Å². The third-order valence-corrected chi connectivity index (χ3v) is 1.88. The molecule has 0 spiro atoms. The summed E-state index contributed by atoms with van der Waals surface area (Å²) in [6, 6.07) is -0.104. The summed E-state index contributed by atoms with van der Waals surface area (Å²) in [5.41, 5.74) is -0.117. The number of hydrogen-bond donors (Lipinski definition) is 1. The van der Waals surface area contributed by atoms with E-state index in [1.54, 1.807) is 13.8 Å². The fourth-order valence-corrected chi connectivity index (χ4v) is 1.29. The van der Waals surface area contributed by atoms with E-state index in [9.17, 15) is 14.9 Å². The first-order chi connectivity index (χ1) is 6.93. The van der Waals surface area contributed by atoms with Gasteiger partial charge < -0.3 is 5.11 Å². The summed E-state index contributed by atoms with van der Waals surface area (Å²) >= 11 is 0. The molecular weight excluding hydrogens is 202 g/mol. The van der Waals surface area contributed by atoms with Gasteiger partial charge in [-0.1, -0.05) is 0 Å².